The van der Waals surface area contributed by atoms with Gasteiger partial charge in [-0.3, -0.25) is 0 Å². The van der Waals surface area contributed by atoms with Gasteiger partial charge in [0.1, 0.15) is 11.5 Å². The Hall–Kier alpha value is -6.08. The second-order valence-electron chi connectivity index (χ2n) is 10.0. The minimum Gasteiger partial charge on any atom is -0.457 e. The number of nitrogens with zero attached hydrogens (tertiary/aromatic N) is 4. The quantitative estimate of drug-likeness (QED) is 0.201. The van der Waals surface area contributed by atoms with Crippen LogP contribution in [0.2, 0.25) is 0 Å². The smallest absolute Gasteiger partial charge is 0.248 e. The van der Waals surface area contributed by atoms with Gasteiger partial charge in [0.2, 0.25) is 23.6 Å². The van der Waals surface area contributed by atoms with Gasteiger partial charge in [-0.05, 0) is 82.2 Å². The summed E-state index contributed by atoms with van der Waals surface area (Å²) in [7, 11) is 0. The van der Waals surface area contributed by atoms with Gasteiger partial charge in [0, 0.05) is 22.3 Å². The molecule has 2 heterocycles. The normalized spacial score (nSPS) is 11.3. The molecule has 0 aliphatic rings. The van der Waals surface area contributed by atoms with Gasteiger partial charge in [0.15, 0.2) is 0 Å². The third-order valence-electron chi connectivity index (χ3n) is 7.33. The van der Waals surface area contributed by atoms with Gasteiger partial charge in [-0.25, -0.2) is 0 Å². The maximum Gasteiger partial charge on any atom is 0.248 e. The molecule has 0 bridgehead atoms. The second kappa shape index (κ2) is 10.4. The van der Waals surface area contributed by atoms with Crippen molar-refractivity contribution in [1.29, 1.82) is 0 Å². The lowest BCUT2D eigenvalue weighted by Crippen LogP contribution is -1.85. The van der Waals surface area contributed by atoms with Crippen molar-refractivity contribution in [2.75, 3.05) is 0 Å². The standard InChI is InChI=1S/C36H22N4O3/c1-3-11-29-23(7-1)9-5-13-31(29)35-39-37-33(42-35)25-15-19-27(20-16-25)41-28-21-17-26(18-22-28)34-38-40-36(43-34)32-14-6-10-24-8-2-4-12-30(24)32/h1-22H. The van der Waals surface area contributed by atoms with E-state index in [1.165, 1.54) is 0 Å². The number of aromatic nitrogens is 4. The third kappa shape index (κ3) is 4.69. The minimum absolute atomic E-state index is 0.446. The summed E-state index contributed by atoms with van der Waals surface area (Å²) in [4.78, 5) is 0. The van der Waals surface area contributed by atoms with Gasteiger partial charge in [0.25, 0.3) is 0 Å². The summed E-state index contributed by atoms with van der Waals surface area (Å²) in [6.45, 7) is 0. The van der Waals surface area contributed by atoms with Crippen LogP contribution < -0.4 is 4.74 Å². The maximum absolute atomic E-state index is 6.07. The van der Waals surface area contributed by atoms with E-state index in [1.54, 1.807) is 0 Å². The van der Waals surface area contributed by atoms with E-state index in [-0.39, 0.29) is 0 Å². The van der Waals surface area contributed by atoms with Crippen molar-refractivity contribution in [2.24, 2.45) is 0 Å². The van der Waals surface area contributed by atoms with Crippen LogP contribution in [0.1, 0.15) is 0 Å². The van der Waals surface area contributed by atoms with Gasteiger partial charge >= 0.3 is 0 Å². The molecule has 0 spiro atoms. The molecule has 0 unspecified atom stereocenters. The first-order valence-corrected chi connectivity index (χ1v) is 13.8. The van der Waals surface area contributed by atoms with Gasteiger partial charge in [-0.2, -0.15) is 0 Å². The van der Waals surface area contributed by atoms with Crippen LogP contribution in [0.5, 0.6) is 11.5 Å². The lowest BCUT2D eigenvalue weighted by atomic mass is 10.0. The number of hydrogen-bond acceptors (Lipinski definition) is 7. The lowest BCUT2D eigenvalue weighted by molar-refractivity contribution is 0.482. The predicted molar refractivity (Wildman–Crippen MR) is 165 cm³/mol. The van der Waals surface area contributed by atoms with Gasteiger partial charge in [-0.1, -0.05) is 72.8 Å². The van der Waals surface area contributed by atoms with Crippen LogP contribution >= 0.6 is 0 Å². The Labute approximate surface area is 246 Å². The molecule has 8 aromatic rings. The molecule has 0 amide bonds. The number of benzene rings is 6. The van der Waals surface area contributed by atoms with Gasteiger partial charge < -0.3 is 13.6 Å². The Bertz CT molecular complexity index is 2050. The van der Waals surface area contributed by atoms with Crippen LogP contribution in [-0.2, 0) is 0 Å². The van der Waals surface area contributed by atoms with Crippen LogP contribution in [0.15, 0.2) is 142 Å². The van der Waals surface area contributed by atoms with E-state index in [2.05, 4.69) is 56.8 Å². The minimum atomic E-state index is 0.446. The first kappa shape index (κ1) is 24.7. The van der Waals surface area contributed by atoms with E-state index in [4.69, 9.17) is 13.6 Å². The first-order valence-electron chi connectivity index (χ1n) is 13.8. The monoisotopic (exact) mass is 558 g/mol. The van der Waals surface area contributed by atoms with Gasteiger partial charge in [-0.15, -0.1) is 20.4 Å². The van der Waals surface area contributed by atoms with E-state index in [0.29, 0.717) is 35.1 Å². The molecule has 0 saturated carbocycles. The summed E-state index contributed by atoms with van der Waals surface area (Å²) < 4.78 is 18.2. The van der Waals surface area contributed by atoms with Crippen LogP contribution in [0.25, 0.3) is 67.4 Å². The second-order valence-corrected chi connectivity index (χ2v) is 10.0. The van der Waals surface area contributed by atoms with E-state index in [1.807, 2.05) is 97.1 Å². The molecule has 8 rings (SSSR count). The van der Waals surface area contributed by atoms with Crippen LogP contribution in [0, 0.1) is 0 Å². The van der Waals surface area contributed by atoms with E-state index >= 15 is 0 Å². The topological polar surface area (TPSA) is 87.1 Å². The van der Waals surface area contributed by atoms with E-state index in [0.717, 1.165) is 43.8 Å². The Kier molecular flexibility index (Phi) is 5.97. The number of ether oxygens (including phenoxy) is 1. The average molecular weight is 559 g/mol. The predicted octanol–water partition coefficient (Wildman–Crippen LogP) is 9.22. The Morgan fingerprint density at radius 1 is 0.372 bits per heavy atom. The third-order valence-corrected chi connectivity index (χ3v) is 7.33. The molecule has 204 valence electrons. The number of hydrogen-bond donors (Lipinski definition) is 0. The van der Waals surface area contributed by atoms with E-state index < -0.39 is 0 Å². The highest BCUT2D eigenvalue weighted by Gasteiger charge is 2.15. The van der Waals surface area contributed by atoms with E-state index in [9.17, 15) is 0 Å². The molecule has 2 aromatic heterocycles. The summed E-state index contributed by atoms with van der Waals surface area (Å²) >= 11 is 0. The summed E-state index contributed by atoms with van der Waals surface area (Å²) in [5.74, 6) is 3.22. The average Bonchev–Trinajstić information content (AvgIpc) is 3.76. The van der Waals surface area contributed by atoms with Crippen molar-refractivity contribution < 1.29 is 13.6 Å². The maximum atomic E-state index is 6.07. The van der Waals surface area contributed by atoms with Crippen molar-refractivity contribution in [3.8, 4) is 57.3 Å². The summed E-state index contributed by atoms with van der Waals surface area (Å²) in [6.07, 6.45) is 0. The molecule has 7 nitrogen and oxygen atoms in total. The fourth-order valence-electron chi connectivity index (χ4n) is 5.19. The fourth-order valence-corrected chi connectivity index (χ4v) is 5.19. The largest absolute Gasteiger partial charge is 0.457 e. The van der Waals surface area contributed by atoms with Crippen molar-refractivity contribution in [1.82, 2.24) is 20.4 Å². The summed E-state index contributed by atoms with van der Waals surface area (Å²) in [6, 6.07) is 43.5. The first-order chi connectivity index (χ1) is 21.3. The number of fused-ring (bicyclic) bond motifs is 2. The molecule has 0 N–H and O–H groups in total. The van der Waals surface area contributed by atoms with Crippen molar-refractivity contribution >= 4 is 21.5 Å². The molecule has 0 aliphatic carbocycles. The highest BCUT2D eigenvalue weighted by molar-refractivity contribution is 5.95. The molecule has 0 aliphatic heterocycles. The van der Waals surface area contributed by atoms with Gasteiger partial charge in [0.05, 0.1) is 0 Å². The molecule has 7 heteroatoms. The Morgan fingerprint density at radius 2 is 0.767 bits per heavy atom. The molecule has 6 aromatic carbocycles. The van der Waals surface area contributed by atoms with Crippen molar-refractivity contribution in [3.63, 3.8) is 0 Å². The Balaban J connectivity index is 0.975. The molecule has 43 heavy (non-hydrogen) atoms. The molecule has 0 saturated heterocycles. The molecule has 0 atom stereocenters. The fraction of sp³-hybridized carbons (Fsp3) is 0. The van der Waals surface area contributed by atoms with Crippen molar-refractivity contribution in [3.05, 3.63) is 133 Å². The van der Waals surface area contributed by atoms with Crippen LogP contribution in [0.4, 0.5) is 0 Å². The summed E-state index contributed by atoms with van der Waals surface area (Å²) in [5.41, 5.74) is 3.43. The SMILES string of the molecule is c1ccc2c(-c3nnc(-c4ccc(Oc5ccc(-c6nnc(-c7cccc8ccccc78)o6)cc5)cc4)o3)cccc2c1. The summed E-state index contributed by atoms with van der Waals surface area (Å²) in [5, 5.41) is 21.5. The highest BCUT2D eigenvalue weighted by Crippen LogP contribution is 2.33. The molecule has 0 fully saturated rings. The van der Waals surface area contributed by atoms with Crippen LogP contribution in [0.3, 0.4) is 0 Å². The van der Waals surface area contributed by atoms with Crippen LogP contribution in [-0.4, -0.2) is 20.4 Å². The zero-order valence-corrected chi connectivity index (χ0v) is 22.7. The highest BCUT2D eigenvalue weighted by atomic mass is 16.5. The zero-order chi connectivity index (χ0) is 28.6. The molecule has 0 radical (unpaired) electrons. The Morgan fingerprint density at radius 3 is 1.23 bits per heavy atom. The zero-order valence-electron chi connectivity index (χ0n) is 22.7. The molecular weight excluding hydrogens is 536 g/mol. The number of rotatable bonds is 6. The molecular formula is C36H22N4O3. The lowest BCUT2D eigenvalue weighted by Gasteiger charge is -2.06. The van der Waals surface area contributed by atoms with Crippen molar-refractivity contribution in [2.45, 2.75) is 0 Å².